The Kier molecular flexibility index (Phi) is 4.62. The van der Waals surface area contributed by atoms with E-state index in [0.717, 1.165) is 22.0 Å². The van der Waals surface area contributed by atoms with Gasteiger partial charge in [-0.25, -0.2) is 4.98 Å². The molecule has 9 heteroatoms. The van der Waals surface area contributed by atoms with Crippen molar-refractivity contribution in [2.24, 2.45) is 0 Å². The summed E-state index contributed by atoms with van der Waals surface area (Å²) in [5.41, 5.74) is 8.96. The zero-order chi connectivity index (χ0) is 20.4. The number of anilines is 2. The number of amides is 1. The largest absolute Gasteiger partial charge is 0.382 e. The Hall–Kier alpha value is -4.27. The van der Waals surface area contributed by atoms with Gasteiger partial charge in [0.15, 0.2) is 5.82 Å². The molecule has 0 atom stereocenters. The van der Waals surface area contributed by atoms with Crippen molar-refractivity contribution in [1.29, 1.82) is 0 Å². The number of carbonyl (C=O) groups excluding carboxylic acids is 1. The maximum absolute atomic E-state index is 12.3. The standard InChI is InChI=1S/C20H16N6O3/c21-20-16-10-13(4-5-17(16)24-25-20)14-6-7-22-18(11-14)23-19(27)9-12-2-1-3-15(8-12)26(28)29/h1-8,10-11H,9H2,(H3,21,24,25)(H,22,23,27). The second kappa shape index (κ2) is 7.39. The van der Waals surface area contributed by atoms with Gasteiger partial charge in [0.25, 0.3) is 5.69 Å². The monoisotopic (exact) mass is 388 g/mol. The topological polar surface area (TPSA) is 140 Å². The Bertz CT molecular complexity index is 1230. The third kappa shape index (κ3) is 3.88. The molecule has 0 spiro atoms. The van der Waals surface area contributed by atoms with Crippen molar-refractivity contribution in [1.82, 2.24) is 15.2 Å². The van der Waals surface area contributed by atoms with Gasteiger partial charge in [-0.1, -0.05) is 18.2 Å². The van der Waals surface area contributed by atoms with Gasteiger partial charge in [-0.05, 0) is 41.0 Å². The van der Waals surface area contributed by atoms with Crippen LogP contribution in [0.2, 0.25) is 0 Å². The van der Waals surface area contributed by atoms with Crippen LogP contribution in [-0.4, -0.2) is 26.0 Å². The molecule has 4 rings (SSSR count). The van der Waals surface area contributed by atoms with E-state index in [1.54, 1.807) is 24.4 Å². The van der Waals surface area contributed by atoms with Gasteiger partial charge >= 0.3 is 0 Å². The van der Waals surface area contributed by atoms with Crippen molar-refractivity contribution in [3.05, 3.63) is 76.5 Å². The zero-order valence-corrected chi connectivity index (χ0v) is 15.1. The average molecular weight is 388 g/mol. The number of hydrogen-bond donors (Lipinski definition) is 3. The fraction of sp³-hybridized carbons (Fsp3) is 0.0500. The van der Waals surface area contributed by atoms with Crippen molar-refractivity contribution < 1.29 is 9.72 Å². The fourth-order valence-electron chi connectivity index (χ4n) is 3.04. The van der Waals surface area contributed by atoms with E-state index in [1.165, 1.54) is 12.1 Å². The van der Waals surface area contributed by atoms with Crippen LogP contribution in [-0.2, 0) is 11.2 Å². The predicted octanol–water partition coefficient (Wildman–Crippen LogP) is 3.30. The van der Waals surface area contributed by atoms with Crippen LogP contribution in [0.4, 0.5) is 17.3 Å². The summed E-state index contributed by atoms with van der Waals surface area (Å²) in [5.74, 6) is 0.490. The summed E-state index contributed by atoms with van der Waals surface area (Å²) in [6.07, 6.45) is 1.60. The Morgan fingerprint density at radius 3 is 2.79 bits per heavy atom. The summed E-state index contributed by atoms with van der Waals surface area (Å²) in [4.78, 5) is 26.9. The first-order chi connectivity index (χ1) is 14.0. The van der Waals surface area contributed by atoms with Gasteiger partial charge in [0, 0.05) is 23.7 Å². The van der Waals surface area contributed by atoms with Crippen LogP contribution in [0.3, 0.4) is 0 Å². The number of hydrogen-bond acceptors (Lipinski definition) is 6. The third-order valence-electron chi connectivity index (χ3n) is 4.44. The highest BCUT2D eigenvalue weighted by molar-refractivity contribution is 5.94. The lowest BCUT2D eigenvalue weighted by atomic mass is 10.0. The SMILES string of the molecule is Nc1n[nH]c2ccc(-c3ccnc(NC(=O)Cc4cccc([N+](=O)[O-])c4)c3)cc12. The summed E-state index contributed by atoms with van der Waals surface area (Å²) >= 11 is 0. The second-order valence-corrected chi connectivity index (χ2v) is 6.45. The van der Waals surface area contributed by atoms with Gasteiger partial charge in [0.1, 0.15) is 5.82 Å². The van der Waals surface area contributed by atoms with E-state index in [4.69, 9.17) is 5.73 Å². The molecule has 1 amide bonds. The number of nitro benzene ring substituents is 1. The van der Waals surface area contributed by atoms with Crippen molar-refractivity contribution in [2.45, 2.75) is 6.42 Å². The number of aromatic nitrogens is 3. The van der Waals surface area contributed by atoms with E-state index in [1.807, 2.05) is 24.3 Å². The number of pyridine rings is 1. The number of nitrogens with one attached hydrogen (secondary N) is 2. The molecule has 2 heterocycles. The highest BCUT2D eigenvalue weighted by atomic mass is 16.6. The Labute approximate surface area is 164 Å². The number of aromatic amines is 1. The average Bonchev–Trinajstić information content (AvgIpc) is 3.08. The molecule has 144 valence electrons. The minimum Gasteiger partial charge on any atom is -0.382 e. The zero-order valence-electron chi connectivity index (χ0n) is 15.1. The van der Waals surface area contributed by atoms with Crippen LogP contribution in [0.25, 0.3) is 22.0 Å². The molecule has 0 saturated heterocycles. The Morgan fingerprint density at radius 2 is 1.97 bits per heavy atom. The first kappa shape index (κ1) is 18.1. The molecule has 9 nitrogen and oxygen atoms in total. The third-order valence-corrected chi connectivity index (χ3v) is 4.44. The number of benzene rings is 2. The summed E-state index contributed by atoms with van der Waals surface area (Å²) in [7, 11) is 0. The van der Waals surface area contributed by atoms with Crippen molar-refractivity contribution >= 4 is 34.1 Å². The summed E-state index contributed by atoms with van der Waals surface area (Å²) in [6, 6.07) is 15.3. The lowest BCUT2D eigenvalue weighted by molar-refractivity contribution is -0.384. The summed E-state index contributed by atoms with van der Waals surface area (Å²) < 4.78 is 0. The molecule has 0 aliphatic rings. The molecule has 4 aromatic rings. The highest BCUT2D eigenvalue weighted by Gasteiger charge is 2.11. The van der Waals surface area contributed by atoms with Gasteiger partial charge in [-0.2, -0.15) is 5.10 Å². The van der Waals surface area contributed by atoms with Crippen molar-refractivity contribution in [2.75, 3.05) is 11.1 Å². The fourth-order valence-corrected chi connectivity index (χ4v) is 3.04. The van der Waals surface area contributed by atoms with Gasteiger partial charge in [0.2, 0.25) is 5.91 Å². The minimum absolute atomic E-state index is 0.00506. The number of carbonyl (C=O) groups is 1. The molecular weight excluding hydrogens is 372 g/mol. The van der Waals surface area contributed by atoms with Crippen LogP contribution in [0, 0.1) is 10.1 Å². The number of H-pyrrole nitrogens is 1. The lowest BCUT2D eigenvalue weighted by Crippen LogP contribution is -2.15. The minimum atomic E-state index is -0.490. The maximum Gasteiger partial charge on any atom is 0.269 e. The van der Waals surface area contributed by atoms with E-state index in [9.17, 15) is 14.9 Å². The van der Waals surface area contributed by atoms with E-state index in [0.29, 0.717) is 17.2 Å². The molecule has 4 N–H and O–H groups in total. The lowest BCUT2D eigenvalue weighted by Gasteiger charge is -2.07. The Morgan fingerprint density at radius 1 is 1.14 bits per heavy atom. The number of non-ortho nitro benzene ring substituents is 1. The molecule has 2 aromatic carbocycles. The normalized spacial score (nSPS) is 10.8. The molecule has 0 aliphatic heterocycles. The van der Waals surface area contributed by atoms with Crippen LogP contribution >= 0.6 is 0 Å². The molecule has 0 radical (unpaired) electrons. The van der Waals surface area contributed by atoms with Crippen LogP contribution < -0.4 is 11.1 Å². The molecular formula is C20H16N6O3. The van der Waals surface area contributed by atoms with Crippen molar-refractivity contribution in [3.63, 3.8) is 0 Å². The highest BCUT2D eigenvalue weighted by Crippen LogP contribution is 2.27. The molecule has 0 aliphatic carbocycles. The van der Waals surface area contributed by atoms with E-state index < -0.39 is 4.92 Å². The van der Waals surface area contributed by atoms with E-state index >= 15 is 0 Å². The number of rotatable bonds is 5. The van der Waals surface area contributed by atoms with Crippen molar-refractivity contribution in [3.8, 4) is 11.1 Å². The molecule has 2 aromatic heterocycles. The Balaban J connectivity index is 1.52. The maximum atomic E-state index is 12.3. The summed E-state index contributed by atoms with van der Waals surface area (Å²) in [5, 5.41) is 21.3. The second-order valence-electron chi connectivity index (χ2n) is 6.45. The quantitative estimate of drug-likeness (QED) is 0.354. The number of nitrogen functional groups attached to an aromatic ring is 1. The van der Waals surface area contributed by atoms with Gasteiger partial charge in [0.05, 0.1) is 16.9 Å². The van der Waals surface area contributed by atoms with E-state index in [2.05, 4.69) is 20.5 Å². The smallest absolute Gasteiger partial charge is 0.269 e. The molecule has 0 saturated carbocycles. The number of nitro groups is 1. The first-order valence-corrected chi connectivity index (χ1v) is 8.73. The molecule has 29 heavy (non-hydrogen) atoms. The van der Waals surface area contributed by atoms with Crippen LogP contribution in [0.1, 0.15) is 5.56 Å². The molecule has 0 fully saturated rings. The predicted molar refractivity (Wildman–Crippen MR) is 109 cm³/mol. The van der Waals surface area contributed by atoms with Crippen LogP contribution in [0.15, 0.2) is 60.8 Å². The van der Waals surface area contributed by atoms with Gasteiger partial charge < -0.3 is 11.1 Å². The van der Waals surface area contributed by atoms with Gasteiger partial charge in [-0.15, -0.1) is 0 Å². The van der Waals surface area contributed by atoms with E-state index in [-0.39, 0.29) is 18.0 Å². The van der Waals surface area contributed by atoms with Crippen LogP contribution in [0.5, 0.6) is 0 Å². The molecule has 0 unspecified atom stereocenters. The molecule has 0 bridgehead atoms. The first-order valence-electron chi connectivity index (χ1n) is 8.73. The number of nitrogens with two attached hydrogens (primary N) is 1. The van der Waals surface area contributed by atoms with Gasteiger partial charge in [-0.3, -0.25) is 20.0 Å². The summed E-state index contributed by atoms with van der Waals surface area (Å²) in [6.45, 7) is 0. The number of fused-ring (bicyclic) bond motifs is 1. The number of nitrogens with zero attached hydrogens (tertiary/aromatic N) is 3.